The lowest BCUT2D eigenvalue weighted by Crippen LogP contribution is -2.32. The Kier molecular flexibility index (Phi) is 3.38. The molecule has 0 aliphatic heterocycles. The molecule has 0 radical (unpaired) electrons. The van der Waals surface area contributed by atoms with Gasteiger partial charge in [-0.25, -0.2) is 14.6 Å². The molecular formula is C16H15N5O2. The monoisotopic (exact) mass is 309 g/mol. The molecule has 1 fully saturated rings. The predicted octanol–water partition coefficient (Wildman–Crippen LogP) is 2.06. The lowest BCUT2D eigenvalue weighted by molar-refractivity contribution is 0.0717. The zero-order valence-corrected chi connectivity index (χ0v) is 12.4. The molecule has 0 bridgehead atoms. The highest BCUT2D eigenvalue weighted by Gasteiger charge is 2.33. The molecule has 1 saturated carbocycles. The normalized spacial score (nSPS) is 13.9. The largest absolute Gasteiger partial charge is 0.467 e. The third-order valence-corrected chi connectivity index (χ3v) is 3.80. The molecule has 0 aromatic carbocycles. The molecule has 0 spiro atoms. The van der Waals surface area contributed by atoms with Crippen LogP contribution in [0.3, 0.4) is 0 Å². The smallest absolute Gasteiger partial charge is 0.254 e. The van der Waals surface area contributed by atoms with Gasteiger partial charge in [0, 0.05) is 17.8 Å². The molecule has 4 rings (SSSR count). The summed E-state index contributed by atoms with van der Waals surface area (Å²) in [5.41, 5.74) is 0.587. The van der Waals surface area contributed by atoms with Crippen LogP contribution in [-0.2, 0) is 6.54 Å². The Hall–Kier alpha value is -2.96. The summed E-state index contributed by atoms with van der Waals surface area (Å²) >= 11 is 0. The molecule has 0 N–H and O–H groups in total. The van der Waals surface area contributed by atoms with E-state index in [1.165, 1.54) is 11.0 Å². The molecule has 1 amide bonds. The number of nitrogens with zero attached hydrogens (tertiary/aromatic N) is 5. The van der Waals surface area contributed by atoms with Crippen molar-refractivity contribution < 1.29 is 9.21 Å². The van der Waals surface area contributed by atoms with Crippen molar-refractivity contribution in [3.63, 3.8) is 0 Å². The molecule has 1 aliphatic carbocycles. The van der Waals surface area contributed by atoms with Crippen molar-refractivity contribution in [2.75, 3.05) is 0 Å². The standard InChI is InChI=1S/C16H15N5O2/c22-16(20(13-3-4-13)9-14-2-1-7-23-14)12-5-6-18-15(8-12)21-11-17-10-19-21/h1-2,5-8,10-11,13H,3-4,9H2. The maximum absolute atomic E-state index is 12.9. The number of furan rings is 1. The van der Waals surface area contributed by atoms with Crippen molar-refractivity contribution >= 4 is 5.91 Å². The van der Waals surface area contributed by atoms with Crippen molar-refractivity contribution in [1.29, 1.82) is 0 Å². The van der Waals surface area contributed by atoms with Gasteiger partial charge >= 0.3 is 0 Å². The summed E-state index contributed by atoms with van der Waals surface area (Å²) in [7, 11) is 0. The number of carbonyl (C=O) groups is 1. The van der Waals surface area contributed by atoms with Crippen LogP contribution in [0.2, 0.25) is 0 Å². The minimum absolute atomic E-state index is 0.0207. The fourth-order valence-corrected chi connectivity index (χ4v) is 2.49. The molecule has 0 atom stereocenters. The van der Waals surface area contributed by atoms with Crippen LogP contribution in [0.4, 0.5) is 0 Å². The summed E-state index contributed by atoms with van der Waals surface area (Å²) < 4.78 is 6.91. The van der Waals surface area contributed by atoms with Gasteiger partial charge in [0.2, 0.25) is 0 Å². The zero-order valence-electron chi connectivity index (χ0n) is 12.4. The first-order valence-electron chi connectivity index (χ1n) is 7.45. The summed E-state index contributed by atoms with van der Waals surface area (Å²) in [4.78, 5) is 22.9. The van der Waals surface area contributed by atoms with E-state index in [0.717, 1.165) is 18.6 Å². The summed E-state index contributed by atoms with van der Waals surface area (Å²) in [6, 6.07) is 7.46. The Balaban J connectivity index is 1.60. The maximum atomic E-state index is 12.9. The molecule has 116 valence electrons. The summed E-state index contributed by atoms with van der Waals surface area (Å²) in [6.07, 6.45) is 8.30. The van der Waals surface area contributed by atoms with E-state index in [1.807, 2.05) is 17.0 Å². The van der Waals surface area contributed by atoms with Crippen molar-refractivity contribution in [3.8, 4) is 5.82 Å². The van der Waals surface area contributed by atoms with Gasteiger partial charge in [-0.1, -0.05) is 0 Å². The van der Waals surface area contributed by atoms with Crippen LogP contribution in [-0.4, -0.2) is 36.6 Å². The molecule has 7 nitrogen and oxygen atoms in total. The van der Waals surface area contributed by atoms with Gasteiger partial charge in [-0.15, -0.1) is 0 Å². The molecular weight excluding hydrogens is 294 g/mol. The van der Waals surface area contributed by atoms with Gasteiger partial charge in [-0.2, -0.15) is 5.10 Å². The average Bonchev–Trinajstić information content (AvgIpc) is 3.05. The van der Waals surface area contributed by atoms with Crippen LogP contribution in [0.15, 0.2) is 53.8 Å². The van der Waals surface area contributed by atoms with E-state index in [2.05, 4.69) is 15.1 Å². The second kappa shape index (κ2) is 5.68. The number of pyridine rings is 1. The highest BCUT2D eigenvalue weighted by molar-refractivity contribution is 5.94. The molecule has 0 saturated heterocycles. The van der Waals surface area contributed by atoms with Crippen LogP contribution in [0.1, 0.15) is 29.0 Å². The molecule has 23 heavy (non-hydrogen) atoms. The average molecular weight is 309 g/mol. The van der Waals surface area contributed by atoms with Crippen molar-refractivity contribution in [1.82, 2.24) is 24.6 Å². The van der Waals surface area contributed by atoms with Gasteiger partial charge in [0.05, 0.1) is 12.8 Å². The predicted molar refractivity (Wildman–Crippen MR) is 80.8 cm³/mol. The maximum Gasteiger partial charge on any atom is 0.254 e. The number of rotatable bonds is 5. The van der Waals surface area contributed by atoms with Gasteiger partial charge in [-0.05, 0) is 37.1 Å². The number of hydrogen-bond acceptors (Lipinski definition) is 5. The molecule has 3 aromatic rings. The van der Waals surface area contributed by atoms with Gasteiger partial charge in [-0.3, -0.25) is 4.79 Å². The second-order valence-electron chi connectivity index (χ2n) is 5.49. The zero-order chi connectivity index (χ0) is 15.6. The molecule has 3 heterocycles. The van der Waals surface area contributed by atoms with Gasteiger partial charge in [0.1, 0.15) is 18.4 Å². The van der Waals surface area contributed by atoms with E-state index in [1.54, 1.807) is 30.9 Å². The number of hydrogen-bond donors (Lipinski definition) is 0. The van der Waals surface area contributed by atoms with Crippen molar-refractivity contribution in [2.45, 2.75) is 25.4 Å². The van der Waals surface area contributed by atoms with Crippen LogP contribution in [0.25, 0.3) is 5.82 Å². The van der Waals surface area contributed by atoms with E-state index in [0.29, 0.717) is 17.9 Å². The highest BCUT2D eigenvalue weighted by Crippen LogP contribution is 2.30. The first-order chi connectivity index (χ1) is 11.3. The molecule has 3 aromatic heterocycles. The van der Waals surface area contributed by atoms with Gasteiger partial charge in [0.25, 0.3) is 5.91 Å². The Morgan fingerprint density at radius 3 is 3.00 bits per heavy atom. The quantitative estimate of drug-likeness (QED) is 0.721. The Bertz CT molecular complexity index is 794. The molecule has 1 aliphatic rings. The molecule has 7 heteroatoms. The van der Waals surface area contributed by atoms with Crippen LogP contribution < -0.4 is 0 Å². The van der Waals surface area contributed by atoms with Gasteiger partial charge < -0.3 is 9.32 Å². The van der Waals surface area contributed by atoms with E-state index >= 15 is 0 Å². The third kappa shape index (κ3) is 2.85. The SMILES string of the molecule is O=C(c1ccnc(-n2cncn2)c1)N(Cc1ccco1)C1CC1. The Morgan fingerprint density at radius 2 is 2.30 bits per heavy atom. The number of carbonyl (C=O) groups excluding carboxylic acids is 1. The minimum atomic E-state index is -0.0207. The summed E-state index contributed by atoms with van der Waals surface area (Å²) in [5.74, 6) is 1.34. The highest BCUT2D eigenvalue weighted by atomic mass is 16.3. The van der Waals surface area contributed by atoms with E-state index < -0.39 is 0 Å². The number of amides is 1. The summed E-state index contributed by atoms with van der Waals surface area (Å²) in [6.45, 7) is 0.484. The summed E-state index contributed by atoms with van der Waals surface area (Å²) in [5, 5.41) is 4.04. The van der Waals surface area contributed by atoms with E-state index in [4.69, 9.17) is 4.42 Å². The first-order valence-corrected chi connectivity index (χ1v) is 7.45. The fraction of sp³-hybridized carbons (Fsp3) is 0.250. The van der Waals surface area contributed by atoms with Crippen LogP contribution in [0, 0.1) is 0 Å². The lowest BCUT2D eigenvalue weighted by Gasteiger charge is -2.21. The van der Waals surface area contributed by atoms with Crippen LogP contribution >= 0.6 is 0 Å². The van der Waals surface area contributed by atoms with Crippen molar-refractivity contribution in [2.24, 2.45) is 0 Å². The van der Waals surface area contributed by atoms with Crippen LogP contribution in [0.5, 0.6) is 0 Å². The number of aromatic nitrogens is 4. The Morgan fingerprint density at radius 1 is 1.39 bits per heavy atom. The third-order valence-electron chi connectivity index (χ3n) is 3.80. The van der Waals surface area contributed by atoms with Crippen molar-refractivity contribution in [3.05, 3.63) is 60.7 Å². The fourth-order valence-electron chi connectivity index (χ4n) is 2.49. The topological polar surface area (TPSA) is 77.1 Å². The minimum Gasteiger partial charge on any atom is -0.467 e. The van der Waals surface area contributed by atoms with Gasteiger partial charge in [0.15, 0.2) is 5.82 Å². The van der Waals surface area contributed by atoms with E-state index in [9.17, 15) is 4.79 Å². The lowest BCUT2D eigenvalue weighted by atomic mass is 10.2. The van der Waals surface area contributed by atoms with E-state index in [-0.39, 0.29) is 11.9 Å². The first kappa shape index (κ1) is 13.7. The Labute approximate surface area is 132 Å². The molecule has 0 unspecified atom stereocenters. The second-order valence-corrected chi connectivity index (χ2v) is 5.49.